The van der Waals surface area contributed by atoms with Crippen molar-refractivity contribution in [3.05, 3.63) is 24.0 Å². The normalized spacial score (nSPS) is 24.6. The molecule has 17 heavy (non-hydrogen) atoms. The maximum Gasteiger partial charge on any atom is 0.0393 e. The average molecular weight is 232 g/mol. The zero-order valence-corrected chi connectivity index (χ0v) is 11.1. The van der Waals surface area contributed by atoms with Crippen LogP contribution < -0.4 is 5.32 Å². The summed E-state index contributed by atoms with van der Waals surface area (Å²) >= 11 is 0. The standard InChI is InChI=1S/C15H24N2/c1-12-3-5-14(6-4-12)7-9-17-15-8-10-16-13(2)11-15/h8,10-12,14H,3-7,9H2,1-2H3,(H,16,17). The largest absolute Gasteiger partial charge is 0.385 e. The molecule has 0 aromatic carbocycles. The Hall–Kier alpha value is -1.05. The summed E-state index contributed by atoms with van der Waals surface area (Å²) in [4.78, 5) is 4.21. The first-order valence-electron chi connectivity index (χ1n) is 6.90. The van der Waals surface area contributed by atoms with E-state index in [4.69, 9.17) is 0 Å². The van der Waals surface area contributed by atoms with Crippen LogP contribution in [0.5, 0.6) is 0 Å². The summed E-state index contributed by atoms with van der Waals surface area (Å²) in [6.07, 6.45) is 8.91. The van der Waals surface area contributed by atoms with Crippen LogP contribution >= 0.6 is 0 Å². The van der Waals surface area contributed by atoms with Crippen molar-refractivity contribution in [3.8, 4) is 0 Å². The predicted molar refractivity (Wildman–Crippen MR) is 73.2 cm³/mol. The summed E-state index contributed by atoms with van der Waals surface area (Å²) in [6.45, 7) is 5.52. The van der Waals surface area contributed by atoms with Gasteiger partial charge in [-0.15, -0.1) is 0 Å². The number of aromatic nitrogens is 1. The zero-order valence-electron chi connectivity index (χ0n) is 11.1. The molecule has 2 heteroatoms. The number of pyridine rings is 1. The predicted octanol–water partition coefficient (Wildman–Crippen LogP) is 4.02. The van der Waals surface area contributed by atoms with Crippen molar-refractivity contribution in [2.45, 2.75) is 46.0 Å². The Morgan fingerprint density at radius 3 is 2.76 bits per heavy atom. The molecule has 1 aliphatic carbocycles. The van der Waals surface area contributed by atoms with Crippen LogP contribution in [0.3, 0.4) is 0 Å². The van der Waals surface area contributed by atoms with E-state index in [9.17, 15) is 0 Å². The SMILES string of the molecule is Cc1cc(NCCC2CCC(C)CC2)ccn1. The van der Waals surface area contributed by atoms with Crippen LogP contribution in [0.1, 0.15) is 44.7 Å². The van der Waals surface area contributed by atoms with Crippen molar-refractivity contribution >= 4 is 5.69 Å². The molecule has 1 N–H and O–H groups in total. The van der Waals surface area contributed by atoms with Gasteiger partial charge in [-0.2, -0.15) is 0 Å². The summed E-state index contributed by atoms with van der Waals surface area (Å²) in [5, 5.41) is 3.50. The van der Waals surface area contributed by atoms with Crippen molar-refractivity contribution in [1.82, 2.24) is 4.98 Å². The Morgan fingerprint density at radius 1 is 1.29 bits per heavy atom. The van der Waals surface area contributed by atoms with Gasteiger partial charge in [0.05, 0.1) is 0 Å². The second kappa shape index (κ2) is 6.04. The van der Waals surface area contributed by atoms with E-state index in [1.807, 2.05) is 13.1 Å². The maximum absolute atomic E-state index is 4.21. The number of rotatable bonds is 4. The summed E-state index contributed by atoms with van der Waals surface area (Å²) < 4.78 is 0. The van der Waals surface area contributed by atoms with Crippen molar-refractivity contribution in [2.75, 3.05) is 11.9 Å². The van der Waals surface area contributed by atoms with Crippen LogP contribution in [0.15, 0.2) is 18.3 Å². The quantitative estimate of drug-likeness (QED) is 0.848. The van der Waals surface area contributed by atoms with Crippen LogP contribution in [0, 0.1) is 18.8 Å². The number of hydrogen-bond donors (Lipinski definition) is 1. The van der Waals surface area contributed by atoms with Gasteiger partial charge in [0.2, 0.25) is 0 Å². The third-order valence-corrected chi connectivity index (χ3v) is 3.91. The zero-order chi connectivity index (χ0) is 12.1. The van der Waals surface area contributed by atoms with Gasteiger partial charge < -0.3 is 5.32 Å². The van der Waals surface area contributed by atoms with Crippen molar-refractivity contribution in [3.63, 3.8) is 0 Å². The Labute approximate surface area is 105 Å². The van der Waals surface area contributed by atoms with E-state index < -0.39 is 0 Å². The molecule has 1 aliphatic rings. The molecule has 0 atom stereocenters. The molecule has 0 unspecified atom stereocenters. The number of hydrogen-bond acceptors (Lipinski definition) is 2. The number of nitrogens with one attached hydrogen (secondary N) is 1. The highest BCUT2D eigenvalue weighted by Gasteiger charge is 2.17. The second-order valence-electron chi connectivity index (χ2n) is 5.53. The molecular formula is C15H24N2. The Kier molecular flexibility index (Phi) is 4.41. The molecule has 1 fully saturated rings. The molecule has 0 aliphatic heterocycles. The highest BCUT2D eigenvalue weighted by atomic mass is 14.9. The van der Waals surface area contributed by atoms with E-state index >= 15 is 0 Å². The first-order chi connectivity index (χ1) is 8.24. The maximum atomic E-state index is 4.21. The lowest BCUT2D eigenvalue weighted by Crippen LogP contribution is -2.15. The van der Waals surface area contributed by atoms with Crippen LogP contribution in [0.2, 0.25) is 0 Å². The van der Waals surface area contributed by atoms with Crippen LogP contribution in [-0.4, -0.2) is 11.5 Å². The van der Waals surface area contributed by atoms with Gasteiger partial charge in [0.15, 0.2) is 0 Å². The van der Waals surface area contributed by atoms with Crippen LogP contribution in [-0.2, 0) is 0 Å². The summed E-state index contributed by atoms with van der Waals surface area (Å²) in [6, 6.07) is 4.17. The molecule has 1 aromatic heterocycles. The molecule has 94 valence electrons. The second-order valence-corrected chi connectivity index (χ2v) is 5.53. The van der Waals surface area contributed by atoms with E-state index in [0.717, 1.165) is 24.1 Å². The molecule has 1 aromatic rings. The van der Waals surface area contributed by atoms with Gasteiger partial charge in [0, 0.05) is 24.1 Å². The van der Waals surface area contributed by atoms with E-state index in [-0.39, 0.29) is 0 Å². The Morgan fingerprint density at radius 2 is 2.06 bits per heavy atom. The third-order valence-electron chi connectivity index (χ3n) is 3.91. The van der Waals surface area contributed by atoms with Gasteiger partial charge >= 0.3 is 0 Å². The molecule has 0 radical (unpaired) electrons. The fourth-order valence-corrected chi connectivity index (χ4v) is 2.69. The molecule has 0 spiro atoms. The van der Waals surface area contributed by atoms with Gasteiger partial charge in [-0.05, 0) is 37.3 Å². The molecule has 2 rings (SSSR count). The summed E-state index contributed by atoms with van der Waals surface area (Å²) in [5.41, 5.74) is 2.29. The smallest absolute Gasteiger partial charge is 0.0393 e. The lowest BCUT2D eigenvalue weighted by Gasteiger charge is -2.26. The van der Waals surface area contributed by atoms with Crippen molar-refractivity contribution in [1.29, 1.82) is 0 Å². The fourth-order valence-electron chi connectivity index (χ4n) is 2.69. The number of aryl methyl sites for hydroxylation is 1. The average Bonchev–Trinajstić information content (AvgIpc) is 2.32. The van der Waals surface area contributed by atoms with Gasteiger partial charge in [0.25, 0.3) is 0 Å². The molecule has 2 nitrogen and oxygen atoms in total. The molecule has 0 amide bonds. The van der Waals surface area contributed by atoms with E-state index in [1.54, 1.807) is 0 Å². The van der Waals surface area contributed by atoms with E-state index in [2.05, 4.69) is 29.4 Å². The Balaban J connectivity index is 1.69. The minimum absolute atomic E-state index is 0.946. The monoisotopic (exact) mass is 232 g/mol. The minimum atomic E-state index is 0.946. The molecule has 0 bridgehead atoms. The van der Waals surface area contributed by atoms with Gasteiger partial charge in [-0.25, -0.2) is 0 Å². The highest BCUT2D eigenvalue weighted by molar-refractivity contribution is 5.42. The molecule has 0 saturated heterocycles. The lowest BCUT2D eigenvalue weighted by molar-refractivity contribution is 0.282. The van der Waals surface area contributed by atoms with Crippen LogP contribution in [0.25, 0.3) is 0 Å². The van der Waals surface area contributed by atoms with Gasteiger partial charge in [-0.1, -0.05) is 32.6 Å². The first kappa shape index (κ1) is 12.4. The highest BCUT2D eigenvalue weighted by Crippen LogP contribution is 2.30. The van der Waals surface area contributed by atoms with E-state index in [1.165, 1.54) is 37.8 Å². The summed E-state index contributed by atoms with van der Waals surface area (Å²) in [7, 11) is 0. The Bertz CT molecular complexity index is 341. The summed E-state index contributed by atoms with van der Waals surface area (Å²) in [5.74, 6) is 1.91. The van der Waals surface area contributed by atoms with Gasteiger partial charge in [0.1, 0.15) is 0 Å². The molecule has 1 saturated carbocycles. The third kappa shape index (κ3) is 4.03. The minimum Gasteiger partial charge on any atom is -0.385 e. The van der Waals surface area contributed by atoms with Crippen molar-refractivity contribution in [2.24, 2.45) is 11.8 Å². The lowest BCUT2D eigenvalue weighted by atomic mass is 9.81. The number of nitrogens with zero attached hydrogens (tertiary/aromatic N) is 1. The van der Waals surface area contributed by atoms with Crippen LogP contribution in [0.4, 0.5) is 5.69 Å². The van der Waals surface area contributed by atoms with Gasteiger partial charge in [-0.3, -0.25) is 4.98 Å². The topological polar surface area (TPSA) is 24.9 Å². The molecular weight excluding hydrogens is 208 g/mol. The first-order valence-corrected chi connectivity index (χ1v) is 6.90. The van der Waals surface area contributed by atoms with E-state index in [0.29, 0.717) is 0 Å². The molecule has 1 heterocycles. The number of anilines is 1. The van der Waals surface area contributed by atoms with Crippen molar-refractivity contribution < 1.29 is 0 Å². The fraction of sp³-hybridized carbons (Fsp3) is 0.667.